The first-order chi connectivity index (χ1) is 14.1. The van der Waals surface area contributed by atoms with Gasteiger partial charge in [-0.25, -0.2) is 0 Å². The summed E-state index contributed by atoms with van der Waals surface area (Å²) in [6.07, 6.45) is 6.61. The van der Waals surface area contributed by atoms with Crippen LogP contribution in [0.5, 0.6) is 0 Å². The van der Waals surface area contributed by atoms with Crippen LogP contribution < -0.4 is 16.0 Å². The van der Waals surface area contributed by atoms with E-state index in [1.807, 2.05) is 42.6 Å². The van der Waals surface area contributed by atoms with Gasteiger partial charge in [-0.15, -0.1) is 34.2 Å². The maximum absolute atomic E-state index is 12.4. The predicted octanol–water partition coefficient (Wildman–Crippen LogP) is 2.53. The number of fused-ring (bicyclic) bond motifs is 1. The quantitative estimate of drug-likeness (QED) is 0.292. The second-order valence-corrected chi connectivity index (χ2v) is 7.92. The summed E-state index contributed by atoms with van der Waals surface area (Å²) in [7, 11) is 0. The number of nitrogens with one attached hydrogen (secondary N) is 3. The first-order valence-corrected chi connectivity index (χ1v) is 10.7. The van der Waals surface area contributed by atoms with Gasteiger partial charge in [-0.05, 0) is 52.2 Å². The number of nitrogens with zero attached hydrogens (tertiary/aromatic N) is 4. The molecule has 1 amide bonds. The molecule has 1 saturated carbocycles. The fourth-order valence-electron chi connectivity index (χ4n) is 3.80. The number of hydrogen-bond acceptors (Lipinski definition) is 4. The van der Waals surface area contributed by atoms with E-state index in [1.54, 1.807) is 0 Å². The molecule has 3 N–H and O–H groups in total. The van der Waals surface area contributed by atoms with Crippen LogP contribution in [0.2, 0.25) is 0 Å². The van der Waals surface area contributed by atoms with Gasteiger partial charge >= 0.3 is 0 Å². The minimum atomic E-state index is 0. The fraction of sp³-hybridized carbons (Fsp3) is 0.619. The van der Waals surface area contributed by atoms with Crippen molar-refractivity contribution in [1.29, 1.82) is 0 Å². The summed E-state index contributed by atoms with van der Waals surface area (Å²) in [5, 5.41) is 18.3. The molecule has 0 aromatic carbocycles. The van der Waals surface area contributed by atoms with Crippen molar-refractivity contribution >= 4 is 41.5 Å². The van der Waals surface area contributed by atoms with Crippen molar-refractivity contribution in [3.63, 3.8) is 0 Å². The molecule has 1 fully saturated rings. The molecule has 0 radical (unpaired) electrons. The molecular weight excluding hydrogens is 493 g/mol. The third kappa shape index (κ3) is 6.82. The van der Waals surface area contributed by atoms with Crippen molar-refractivity contribution in [3.05, 3.63) is 30.2 Å². The molecule has 0 spiro atoms. The van der Waals surface area contributed by atoms with Crippen molar-refractivity contribution in [2.45, 2.75) is 65.0 Å². The molecular formula is C21H34IN7O. The summed E-state index contributed by atoms with van der Waals surface area (Å²) in [6.45, 7) is 7.48. The lowest BCUT2D eigenvalue weighted by molar-refractivity contribution is -0.126. The lowest BCUT2D eigenvalue weighted by Gasteiger charge is -2.30. The van der Waals surface area contributed by atoms with Crippen LogP contribution in [0.15, 0.2) is 29.4 Å². The molecule has 2 aromatic rings. The number of hydrogen-bond donors (Lipinski definition) is 3. The van der Waals surface area contributed by atoms with Gasteiger partial charge in [0.05, 0.1) is 0 Å². The van der Waals surface area contributed by atoms with E-state index in [9.17, 15) is 4.79 Å². The highest BCUT2D eigenvalue weighted by atomic mass is 127. The van der Waals surface area contributed by atoms with Crippen molar-refractivity contribution < 1.29 is 4.79 Å². The Balaban J connectivity index is 0.00000320. The van der Waals surface area contributed by atoms with E-state index in [1.165, 1.54) is 0 Å². The van der Waals surface area contributed by atoms with Crippen LogP contribution in [0, 0.1) is 5.92 Å². The SMILES string of the molecule is CCNC(=NCCc1nnc2ccccn12)NC1CCCC(C(=O)NC(C)C)C1.I. The minimum Gasteiger partial charge on any atom is -0.357 e. The monoisotopic (exact) mass is 527 g/mol. The van der Waals surface area contributed by atoms with Gasteiger partial charge in [-0.1, -0.05) is 12.5 Å². The second-order valence-electron chi connectivity index (χ2n) is 7.92. The zero-order valence-corrected chi connectivity index (χ0v) is 20.4. The number of aliphatic imine (C=N–C) groups is 1. The van der Waals surface area contributed by atoms with Crippen LogP contribution in [-0.4, -0.2) is 51.6 Å². The third-order valence-corrected chi connectivity index (χ3v) is 5.15. The van der Waals surface area contributed by atoms with Gasteiger partial charge in [-0.3, -0.25) is 14.2 Å². The number of guanidine groups is 1. The molecule has 2 aromatic heterocycles. The van der Waals surface area contributed by atoms with Crippen LogP contribution in [0.3, 0.4) is 0 Å². The number of halogens is 1. The minimum absolute atomic E-state index is 0. The van der Waals surface area contributed by atoms with E-state index in [4.69, 9.17) is 4.99 Å². The molecule has 166 valence electrons. The van der Waals surface area contributed by atoms with E-state index in [-0.39, 0.29) is 47.9 Å². The standard InChI is InChI=1S/C21H33N7O.HI/c1-4-22-21(23-12-11-19-27-26-18-10-5-6-13-28(18)19)25-17-9-7-8-16(14-17)20(29)24-15(2)3;/h5-6,10,13,15-17H,4,7-9,11-12,14H2,1-3H3,(H,24,29)(H2,22,23,25);1H. The Morgan fingerprint density at radius 1 is 1.30 bits per heavy atom. The maximum atomic E-state index is 12.4. The van der Waals surface area contributed by atoms with Gasteiger partial charge < -0.3 is 16.0 Å². The first-order valence-electron chi connectivity index (χ1n) is 10.7. The Morgan fingerprint density at radius 2 is 2.13 bits per heavy atom. The van der Waals surface area contributed by atoms with Crippen molar-refractivity contribution in [3.8, 4) is 0 Å². The molecule has 0 bridgehead atoms. The number of carbonyl (C=O) groups excluding carboxylic acids is 1. The summed E-state index contributed by atoms with van der Waals surface area (Å²) >= 11 is 0. The molecule has 0 aliphatic heterocycles. The fourth-order valence-corrected chi connectivity index (χ4v) is 3.80. The normalized spacial score (nSPS) is 19.4. The van der Waals surface area contributed by atoms with Crippen LogP contribution >= 0.6 is 24.0 Å². The number of amides is 1. The molecule has 2 atom stereocenters. The summed E-state index contributed by atoms with van der Waals surface area (Å²) < 4.78 is 1.99. The molecule has 2 heterocycles. The summed E-state index contributed by atoms with van der Waals surface area (Å²) in [5.41, 5.74) is 0.851. The number of aromatic nitrogens is 3. The highest BCUT2D eigenvalue weighted by Crippen LogP contribution is 2.24. The molecule has 1 aliphatic carbocycles. The summed E-state index contributed by atoms with van der Waals surface area (Å²) in [6, 6.07) is 6.32. The third-order valence-electron chi connectivity index (χ3n) is 5.15. The average Bonchev–Trinajstić information content (AvgIpc) is 3.11. The highest BCUT2D eigenvalue weighted by molar-refractivity contribution is 14.0. The Bertz CT molecular complexity index is 836. The first kappa shape index (κ1) is 24.4. The van der Waals surface area contributed by atoms with Gasteiger partial charge in [0.1, 0.15) is 5.82 Å². The highest BCUT2D eigenvalue weighted by Gasteiger charge is 2.28. The molecule has 2 unspecified atom stereocenters. The van der Waals surface area contributed by atoms with Crippen molar-refractivity contribution in [1.82, 2.24) is 30.5 Å². The Labute approximate surface area is 195 Å². The van der Waals surface area contributed by atoms with Gasteiger partial charge in [0, 0.05) is 43.7 Å². The van der Waals surface area contributed by atoms with Gasteiger partial charge in [-0.2, -0.15) is 0 Å². The lowest BCUT2D eigenvalue weighted by Crippen LogP contribution is -2.47. The zero-order valence-electron chi connectivity index (χ0n) is 18.1. The smallest absolute Gasteiger partial charge is 0.223 e. The molecule has 0 saturated heterocycles. The van der Waals surface area contributed by atoms with E-state index in [2.05, 4.69) is 33.1 Å². The van der Waals surface area contributed by atoms with Gasteiger partial charge in [0.25, 0.3) is 0 Å². The number of rotatable bonds is 7. The predicted molar refractivity (Wildman–Crippen MR) is 130 cm³/mol. The van der Waals surface area contributed by atoms with Crippen LogP contribution in [0.4, 0.5) is 0 Å². The summed E-state index contributed by atoms with van der Waals surface area (Å²) in [4.78, 5) is 17.1. The molecule has 8 nitrogen and oxygen atoms in total. The Hall–Kier alpha value is -1.91. The molecule has 1 aliphatic rings. The van der Waals surface area contributed by atoms with E-state index < -0.39 is 0 Å². The molecule has 9 heteroatoms. The zero-order chi connectivity index (χ0) is 20.6. The number of pyridine rings is 1. The van der Waals surface area contributed by atoms with Crippen LogP contribution in [-0.2, 0) is 11.2 Å². The van der Waals surface area contributed by atoms with Gasteiger partial charge in [0.15, 0.2) is 11.6 Å². The Kier molecular flexibility index (Phi) is 9.80. The van der Waals surface area contributed by atoms with E-state index >= 15 is 0 Å². The second kappa shape index (κ2) is 12.1. The largest absolute Gasteiger partial charge is 0.357 e. The van der Waals surface area contributed by atoms with Crippen molar-refractivity contribution in [2.24, 2.45) is 10.9 Å². The Morgan fingerprint density at radius 3 is 2.90 bits per heavy atom. The van der Waals surface area contributed by atoms with Crippen molar-refractivity contribution in [2.75, 3.05) is 13.1 Å². The summed E-state index contributed by atoms with van der Waals surface area (Å²) in [5.74, 6) is 1.96. The maximum Gasteiger partial charge on any atom is 0.223 e. The topological polar surface area (TPSA) is 95.7 Å². The average molecular weight is 527 g/mol. The number of carbonyl (C=O) groups is 1. The molecule has 3 rings (SSSR count). The molecule has 30 heavy (non-hydrogen) atoms. The lowest BCUT2D eigenvalue weighted by atomic mass is 9.85. The van der Waals surface area contributed by atoms with Gasteiger partial charge in [0.2, 0.25) is 5.91 Å². The van der Waals surface area contributed by atoms with E-state index in [0.717, 1.165) is 49.7 Å². The van der Waals surface area contributed by atoms with E-state index in [0.29, 0.717) is 13.0 Å². The van der Waals surface area contributed by atoms with Crippen LogP contribution in [0.25, 0.3) is 5.65 Å². The van der Waals surface area contributed by atoms with Crippen LogP contribution in [0.1, 0.15) is 52.3 Å².